The summed E-state index contributed by atoms with van der Waals surface area (Å²) in [4.78, 5) is 14.7. The number of ether oxygens (including phenoxy) is 1. The van der Waals surface area contributed by atoms with Crippen LogP contribution in [-0.4, -0.2) is 17.6 Å². The van der Waals surface area contributed by atoms with Gasteiger partial charge in [0.2, 0.25) is 0 Å². The number of hydrogen-bond acceptors (Lipinski definition) is 5. The number of benzene rings is 1. The molecule has 0 saturated heterocycles. The van der Waals surface area contributed by atoms with E-state index in [1.165, 1.54) is 16.9 Å². The van der Waals surface area contributed by atoms with Crippen LogP contribution in [0, 0.1) is 0 Å². The maximum atomic E-state index is 10.5. The largest absolute Gasteiger partial charge is 0.550 e. The van der Waals surface area contributed by atoms with Crippen LogP contribution in [0.5, 0.6) is 5.75 Å². The molecular weight excluding hydrogens is 286 g/mol. The number of aliphatic carboxylic acids is 1. The summed E-state index contributed by atoms with van der Waals surface area (Å²) in [5.74, 6) is 0.246. The van der Waals surface area contributed by atoms with E-state index in [0.29, 0.717) is 24.6 Å². The molecule has 0 radical (unpaired) electrons. The second-order valence-electron chi connectivity index (χ2n) is 5.10. The predicted octanol–water partition coefficient (Wildman–Crippen LogP) is 2.18. The molecule has 2 aromatic rings. The Morgan fingerprint density at radius 1 is 1.33 bits per heavy atom. The molecule has 0 fully saturated rings. The van der Waals surface area contributed by atoms with Crippen LogP contribution in [0.2, 0.25) is 0 Å². The highest BCUT2D eigenvalue weighted by molar-refractivity contribution is 7.09. The molecule has 0 atom stereocenters. The van der Waals surface area contributed by atoms with Gasteiger partial charge in [-0.3, -0.25) is 0 Å². The fourth-order valence-corrected chi connectivity index (χ4v) is 2.68. The van der Waals surface area contributed by atoms with E-state index in [-0.39, 0.29) is 6.42 Å². The van der Waals surface area contributed by atoms with Crippen molar-refractivity contribution in [2.45, 2.75) is 32.6 Å². The number of rotatable bonds is 7. The fraction of sp³-hybridized carbons (Fsp3) is 0.375. The molecule has 0 aliphatic rings. The molecule has 0 N–H and O–H groups in total. The second kappa shape index (κ2) is 7.22. The molecule has 112 valence electrons. The van der Waals surface area contributed by atoms with Gasteiger partial charge in [-0.05, 0) is 23.6 Å². The molecule has 0 spiro atoms. The van der Waals surface area contributed by atoms with Crippen molar-refractivity contribution in [3.05, 3.63) is 45.9 Å². The first-order valence-corrected chi connectivity index (χ1v) is 7.78. The van der Waals surface area contributed by atoms with Crippen LogP contribution in [-0.2, 0) is 17.6 Å². The van der Waals surface area contributed by atoms with Crippen molar-refractivity contribution in [1.29, 1.82) is 0 Å². The Labute approximate surface area is 128 Å². The van der Waals surface area contributed by atoms with E-state index >= 15 is 0 Å². The monoisotopic (exact) mass is 304 g/mol. The minimum absolute atomic E-state index is 0.131. The Hall–Kier alpha value is -1.88. The number of nitrogens with zero attached hydrogens (tertiary/aromatic N) is 1. The molecule has 0 amide bonds. The van der Waals surface area contributed by atoms with Gasteiger partial charge in [-0.15, -0.1) is 11.3 Å². The van der Waals surface area contributed by atoms with E-state index in [2.05, 4.69) is 31.0 Å². The van der Waals surface area contributed by atoms with Gasteiger partial charge in [0.1, 0.15) is 5.75 Å². The van der Waals surface area contributed by atoms with E-state index in [4.69, 9.17) is 4.74 Å². The Morgan fingerprint density at radius 2 is 2.05 bits per heavy atom. The average molecular weight is 304 g/mol. The first-order valence-electron chi connectivity index (χ1n) is 6.90. The Kier molecular flexibility index (Phi) is 5.33. The number of hydrogen-bond donors (Lipinski definition) is 0. The third kappa shape index (κ3) is 4.86. The minimum atomic E-state index is -1.10. The van der Waals surface area contributed by atoms with Gasteiger partial charge in [0.25, 0.3) is 0 Å². The van der Waals surface area contributed by atoms with Gasteiger partial charge in [-0.1, -0.05) is 26.0 Å². The first-order chi connectivity index (χ1) is 10.0. The molecule has 1 aromatic heterocycles. The quantitative estimate of drug-likeness (QED) is 0.786. The van der Waals surface area contributed by atoms with Crippen LogP contribution < -0.4 is 9.84 Å². The molecule has 1 heterocycles. The number of carboxylic acid groups (broad SMARTS) is 1. The van der Waals surface area contributed by atoms with Crippen LogP contribution >= 0.6 is 11.3 Å². The first kappa shape index (κ1) is 15.5. The van der Waals surface area contributed by atoms with Crippen LogP contribution in [0.15, 0.2) is 29.6 Å². The molecule has 0 aliphatic heterocycles. The standard InChI is InChI=1S/C16H19NO3S/c1-11(2)12-3-5-14(6-4-12)20-8-7-15-17-13(10-21-15)9-16(18)19/h3-6,10-11H,7-9H2,1-2H3,(H,18,19)/p-1. The number of thiazole rings is 1. The van der Waals surface area contributed by atoms with Gasteiger partial charge in [0.15, 0.2) is 0 Å². The third-order valence-electron chi connectivity index (χ3n) is 3.06. The fourth-order valence-electron chi connectivity index (χ4n) is 1.90. The van der Waals surface area contributed by atoms with E-state index < -0.39 is 5.97 Å². The van der Waals surface area contributed by atoms with Gasteiger partial charge in [0.05, 0.1) is 17.3 Å². The average Bonchev–Trinajstić information content (AvgIpc) is 2.86. The lowest BCUT2D eigenvalue weighted by Crippen LogP contribution is -2.24. The van der Waals surface area contributed by atoms with Crippen molar-refractivity contribution < 1.29 is 14.6 Å². The van der Waals surface area contributed by atoms with Gasteiger partial charge in [-0.2, -0.15) is 0 Å². The van der Waals surface area contributed by atoms with Crippen molar-refractivity contribution >= 4 is 17.3 Å². The van der Waals surface area contributed by atoms with Crippen molar-refractivity contribution in [1.82, 2.24) is 4.98 Å². The normalized spacial score (nSPS) is 10.8. The highest BCUT2D eigenvalue weighted by Gasteiger charge is 2.04. The van der Waals surface area contributed by atoms with Crippen LogP contribution in [0.1, 0.15) is 36.0 Å². The van der Waals surface area contributed by atoms with Gasteiger partial charge in [0, 0.05) is 24.2 Å². The van der Waals surface area contributed by atoms with Crippen molar-refractivity contribution in [3.8, 4) is 5.75 Å². The molecule has 2 rings (SSSR count). The van der Waals surface area contributed by atoms with Gasteiger partial charge in [-0.25, -0.2) is 4.98 Å². The zero-order valence-electron chi connectivity index (χ0n) is 12.2. The molecule has 0 saturated carbocycles. The third-order valence-corrected chi connectivity index (χ3v) is 4.01. The maximum absolute atomic E-state index is 10.5. The van der Waals surface area contributed by atoms with Gasteiger partial charge >= 0.3 is 0 Å². The van der Waals surface area contributed by atoms with E-state index in [1.54, 1.807) is 5.38 Å². The molecule has 1 aromatic carbocycles. The summed E-state index contributed by atoms with van der Waals surface area (Å²) >= 11 is 1.45. The van der Waals surface area contributed by atoms with Crippen LogP contribution in [0.25, 0.3) is 0 Å². The van der Waals surface area contributed by atoms with Crippen LogP contribution in [0.4, 0.5) is 0 Å². The molecule has 0 bridgehead atoms. The summed E-state index contributed by atoms with van der Waals surface area (Å²) in [6.07, 6.45) is 0.539. The number of aromatic nitrogens is 1. The summed E-state index contributed by atoms with van der Waals surface area (Å²) in [6.45, 7) is 4.84. The topological polar surface area (TPSA) is 62.2 Å². The van der Waals surface area contributed by atoms with E-state index in [0.717, 1.165) is 10.8 Å². The molecule has 5 heteroatoms. The van der Waals surface area contributed by atoms with Crippen LogP contribution in [0.3, 0.4) is 0 Å². The van der Waals surface area contributed by atoms with E-state index in [9.17, 15) is 9.90 Å². The molecule has 0 unspecified atom stereocenters. The highest BCUT2D eigenvalue weighted by atomic mass is 32.1. The molecular formula is C16H18NO3S-. The lowest BCUT2D eigenvalue weighted by Gasteiger charge is -2.08. The summed E-state index contributed by atoms with van der Waals surface area (Å²) in [6, 6.07) is 8.08. The van der Waals surface area contributed by atoms with E-state index in [1.807, 2.05) is 12.1 Å². The summed E-state index contributed by atoms with van der Waals surface area (Å²) in [5.41, 5.74) is 1.84. The SMILES string of the molecule is CC(C)c1ccc(OCCc2nc(CC(=O)[O-])cs2)cc1. The molecule has 0 aliphatic carbocycles. The molecule has 21 heavy (non-hydrogen) atoms. The number of carbonyl (C=O) groups excluding carboxylic acids is 1. The number of carbonyl (C=O) groups is 1. The lowest BCUT2D eigenvalue weighted by molar-refractivity contribution is -0.304. The zero-order chi connectivity index (χ0) is 15.2. The summed E-state index contributed by atoms with van der Waals surface area (Å²) in [7, 11) is 0. The smallest absolute Gasteiger partial charge is 0.119 e. The maximum Gasteiger partial charge on any atom is 0.119 e. The summed E-state index contributed by atoms with van der Waals surface area (Å²) in [5, 5.41) is 13.1. The summed E-state index contributed by atoms with van der Waals surface area (Å²) < 4.78 is 5.67. The predicted molar refractivity (Wildman–Crippen MR) is 80.6 cm³/mol. The van der Waals surface area contributed by atoms with Gasteiger partial charge < -0.3 is 14.6 Å². The number of carboxylic acids is 1. The Bertz CT molecular complexity index is 590. The van der Waals surface area contributed by atoms with Crippen molar-refractivity contribution in [2.24, 2.45) is 0 Å². The zero-order valence-corrected chi connectivity index (χ0v) is 13.0. The Balaban J connectivity index is 1.81. The van der Waals surface area contributed by atoms with Crippen molar-refractivity contribution in [3.63, 3.8) is 0 Å². The second-order valence-corrected chi connectivity index (χ2v) is 6.05. The van der Waals surface area contributed by atoms with Crippen molar-refractivity contribution in [2.75, 3.05) is 6.61 Å². The minimum Gasteiger partial charge on any atom is -0.550 e. The highest BCUT2D eigenvalue weighted by Crippen LogP contribution is 2.19. The lowest BCUT2D eigenvalue weighted by atomic mass is 10.0. The Morgan fingerprint density at radius 3 is 2.67 bits per heavy atom. The molecule has 4 nitrogen and oxygen atoms in total.